The van der Waals surface area contributed by atoms with Gasteiger partial charge in [-0.05, 0) is 32.4 Å². The second kappa shape index (κ2) is 10.1. The molecule has 0 aliphatic carbocycles. The van der Waals surface area contributed by atoms with Crippen LogP contribution in [0, 0.1) is 0 Å². The topological polar surface area (TPSA) is 79.4 Å². The first-order valence-corrected chi connectivity index (χ1v) is 12.0. The molecule has 0 aliphatic heterocycles. The molecule has 2 rings (SSSR count). The van der Waals surface area contributed by atoms with E-state index in [0.717, 1.165) is 24.8 Å². The maximum absolute atomic E-state index is 12.8. The molecular formula is C20H29N3O3S2. The molecule has 0 spiro atoms. The molecule has 1 aromatic heterocycles. The van der Waals surface area contributed by atoms with Crippen LogP contribution in [0.3, 0.4) is 0 Å². The standard InChI is InChI=1S/C20H29N3O3S2/c1-5-7-8-9-19(24)22-20-21-18(14-27-20)16-10-12-17(13-11-16)28(25,26)23(6-2)15(3)4/h10-15H,5-9H2,1-4H3,(H,21,22,24). The zero-order valence-electron chi connectivity index (χ0n) is 16.9. The predicted molar refractivity (Wildman–Crippen MR) is 115 cm³/mol. The van der Waals surface area contributed by atoms with Crippen molar-refractivity contribution >= 4 is 32.4 Å². The van der Waals surface area contributed by atoms with Gasteiger partial charge in [-0.1, -0.05) is 38.8 Å². The van der Waals surface area contributed by atoms with Crippen molar-refractivity contribution in [3.05, 3.63) is 29.6 Å². The third-order valence-electron chi connectivity index (χ3n) is 4.40. The SMILES string of the molecule is CCCCCC(=O)Nc1nc(-c2ccc(S(=O)(=O)N(CC)C(C)C)cc2)cs1. The Morgan fingerprint density at radius 3 is 2.43 bits per heavy atom. The summed E-state index contributed by atoms with van der Waals surface area (Å²) in [4.78, 5) is 16.6. The highest BCUT2D eigenvalue weighted by Gasteiger charge is 2.25. The highest BCUT2D eigenvalue weighted by Crippen LogP contribution is 2.27. The van der Waals surface area contributed by atoms with Gasteiger partial charge < -0.3 is 5.32 Å². The van der Waals surface area contributed by atoms with Crippen molar-refractivity contribution in [1.29, 1.82) is 0 Å². The van der Waals surface area contributed by atoms with Crippen LogP contribution in [0.5, 0.6) is 0 Å². The van der Waals surface area contributed by atoms with E-state index in [4.69, 9.17) is 0 Å². The number of anilines is 1. The average molecular weight is 424 g/mol. The first-order chi connectivity index (χ1) is 13.3. The number of benzene rings is 1. The summed E-state index contributed by atoms with van der Waals surface area (Å²) >= 11 is 1.36. The smallest absolute Gasteiger partial charge is 0.243 e. The van der Waals surface area contributed by atoms with Crippen LogP contribution in [-0.2, 0) is 14.8 Å². The van der Waals surface area contributed by atoms with Crippen LogP contribution in [-0.4, -0.2) is 36.2 Å². The van der Waals surface area contributed by atoms with Gasteiger partial charge in [0, 0.05) is 30.0 Å². The van der Waals surface area contributed by atoms with Gasteiger partial charge in [0.25, 0.3) is 0 Å². The summed E-state index contributed by atoms with van der Waals surface area (Å²) < 4.78 is 27.0. The van der Waals surface area contributed by atoms with Crippen molar-refractivity contribution in [3.8, 4) is 11.3 Å². The van der Waals surface area contributed by atoms with Gasteiger partial charge in [-0.15, -0.1) is 11.3 Å². The minimum absolute atomic E-state index is 0.0240. The Balaban J connectivity index is 2.10. The molecule has 0 saturated carbocycles. The number of sulfonamides is 1. The van der Waals surface area contributed by atoms with Crippen molar-refractivity contribution in [2.24, 2.45) is 0 Å². The Bertz CT molecular complexity index is 874. The van der Waals surface area contributed by atoms with Crippen LogP contribution in [0.2, 0.25) is 0 Å². The highest BCUT2D eigenvalue weighted by molar-refractivity contribution is 7.89. The number of carbonyl (C=O) groups excluding carboxylic acids is 1. The second-order valence-corrected chi connectivity index (χ2v) is 9.62. The van der Waals surface area contributed by atoms with Crippen LogP contribution in [0.25, 0.3) is 11.3 Å². The molecule has 0 unspecified atom stereocenters. The van der Waals surface area contributed by atoms with E-state index in [0.29, 0.717) is 23.8 Å². The molecule has 0 radical (unpaired) electrons. The molecule has 8 heteroatoms. The summed E-state index contributed by atoms with van der Waals surface area (Å²) in [5.74, 6) is -0.0240. The minimum Gasteiger partial charge on any atom is -0.302 e. The molecule has 1 aromatic carbocycles. The van der Waals surface area contributed by atoms with Crippen LogP contribution in [0.15, 0.2) is 34.5 Å². The quantitative estimate of drug-likeness (QED) is 0.559. The molecule has 28 heavy (non-hydrogen) atoms. The number of nitrogens with one attached hydrogen (secondary N) is 1. The Morgan fingerprint density at radius 1 is 1.18 bits per heavy atom. The monoisotopic (exact) mass is 423 g/mol. The lowest BCUT2D eigenvalue weighted by Gasteiger charge is -2.24. The summed E-state index contributed by atoms with van der Waals surface area (Å²) in [6, 6.07) is 6.62. The van der Waals surface area contributed by atoms with Gasteiger partial charge in [-0.25, -0.2) is 13.4 Å². The number of thiazole rings is 1. The Kier molecular flexibility index (Phi) is 8.15. The van der Waals surface area contributed by atoms with Crippen molar-refractivity contribution in [1.82, 2.24) is 9.29 Å². The number of carbonyl (C=O) groups is 1. The van der Waals surface area contributed by atoms with E-state index >= 15 is 0 Å². The first kappa shape index (κ1) is 22.5. The van der Waals surface area contributed by atoms with Gasteiger partial charge in [-0.3, -0.25) is 4.79 Å². The lowest BCUT2D eigenvalue weighted by molar-refractivity contribution is -0.116. The van der Waals surface area contributed by atoms with Crippen LogP contribution in [0.1, 0.15) is 53.4 Å². The summed E-state index contributed by atoms with van der Waals surface area (Å²) in [5, 5.41) is 5.25. The van der Waals surface area contributed by atoms with E-state index in [1.54, 1.807) is 24.3 Å². The lowest BCUT2D eigenvalue weighted by Crippen LogP contribution is -2.36. The number of hydrogen-bond donors (Lipinski definition) is 1. The molecule has 6 nitrogen and oxygen atoms in total. The van der Waals surface area contributed by atoms with Crippen molar-refractivity contribution in [3.63, 3.8) is 0 Å². The second-order valence-electron chi connectivity index (χ2n) is 6.87. The molecule has 0 saturated heterocycles. The fourth-order valence-corrected chi connectivity index (χ4v) is 5.31. The van der Waals surface area contributed by atoms with Crippen LogP contribution in [0.4, 0.5) is 5.13 Å². The number of rotatable bonds is 10. The summed E-state index contributed by atoms with van der Waals surface area (Å²) in [6.45, 7) is 8.09. The number of nitrogens with zero attached hydrogens (tertiary/aromatic N) is 2. The first-order valence-electron chi connectivity index (χ1n) is 9.67. The molecule has 0 fully saturated rings. The normalized spacial score (nSPS) is 11.9. The predicted octanol–water partition coefficient (Wildman–Crippen LogP) is 4.75. The molecular weight excluding hydrogens is 394 g/mol. The number of hydrogen-bond acceptors (Lipinski definition) is 5. The third-order valence-corrected chi connectivity index (χ3v) is 7.33. The maximum Gasteiger partial charge on any atom is 0.243 e. The molecule has 1 heterocycles. The van der Waals surface area contributed by atoms with E-state index < -0.39 is 10.0 Å². The van der Waals surface area contributed by atoms with Gasteiger partial charge in [0.2, 0.25) is 15.9 Å². The molecule has 1 amide bonds. The highest BCUT2D eigenvalue weighted by atomic mass is 32.2. The molecule has 154 valence electrons. The maximum atomic E-state index is 12.8. The van der Waals surface area contributed by atoms with E-state index in [1.807, 2.05) is 26.2 Å². The van der Waals surface area contributed by atoms with E-state index in [9.17, 15) is 13.2 Å². The molecule has 1 N–H and O–H groups in total. The fourth-order valence-electron chi connectivity index (χ4n) is 2.93. The molecule has 0 bridgehead atoms. The Labute approximate surface area is 172 Å². The van der Waals surface area contributed by atoms with Crippen LogP contribution >= 0.6 is 11.3 Å². The van der Waals surface area contributed by atoms with E-state index in [-0.39, 0.29) is 16.8 Å². The van der Waals surface area contributed by atoms with E-state index in [1.165, 1.54) is 15.6 Å². The van der Waals surface area contributed by atoms with Crippen molar-refractivity contribution in [2.45, 2.75) is 64.3 Å². The molecule has 2 aromatic rings. The zero-order valence-corrected chi connectivity index (χ0v) is 18.6. The van der Waals surface area contributed by atoms with E-state index in [2.05, 4.69) is 17.2 Å². The lowest BCUT2D eigenvalue weighted by atomic mass is 10.2. The zero-order chi connectivity index (χ0) is 20.7. The fraction of sp³-hybridized carbons (Fsp3) is 0.500. The number of amides is 1. The van der Waals surface area contributed by atoms with Gasteiger partial charge >= 0.3 is 0 Å². The van der Waals surface area contributed by atoms with Gasteiger partial charge in [0.1, 0.15) is 0 Å². The number of unbranched alkanes of at least 4 members (excludes halogenated alkanes) is 2. The third kappa shape index (κ3) is 5.62. The van der Waals surface area contributed by atoms with Crippen molar-refractivity contribution < 1.29 is 13.2 Å². The van der Waals surface area contributed by atoms with Gasteiger partial charge in [-0.2, -0.15) is 4.31 Å². The van der Waals surface area contributed by atoms with Crippen LogP contribution < -0.4 is 5.32 Å². The summed E-state index contributed by atoms with van der Waals surface area (Å²) in [6.07, 6.45) is 3.49. The summed E-state index contributed by atoms with van der Waals surface area (Å²) in [5.41, 5.74) is 1.53. The van der Waals surface area contributed by atoms with Gasteiger partial charge in [0.05, 0.1) is 10.6 Å². The number of aromatic nitrogens is 1. The molecule has 0 atom stereocenters. The van der Waals surface area contributed by atoms with Gasteiger partial charge in [0.15, 0.2) is 5.13 Å². The molecule has 0 aliphatic rings. The minimum atomic E-state index is -3.51. The largest absolute Gasteiger partial charge is 0.302 e. The average Bonchev–Trinajstić information content (AvgIpc) is 3.10. The Morgan fingerprint density at radius 2 is 1.86 bits per heavy atom. The summed E-state index contributed by atoms with van der Waals surface area (Å²) in [7, 11) is -3.51. The van der Waals surface area contributed by atoms with Crippen molar-refractivity contribution in [2.75, 3.05) is 11.9 Å². The Hall–Kier alpha value is -1.77.